The Kier molecular flexibility index (Phi) is 3.71. The van der Waals surface area contributed by atoms with Gasteiger partial charge in [-0.2, -0.15) is 0 Å². The summed E-state index contributed by atoms with van der Waals surface area (Å²) in [6.45, 7) is 0.989. The predicted molar refractivity (Wildman–Crippen MR) is 86.0 cm³/mol. The Labute approximate surface area is 123 Å². The van der Waals surface area contributed by atoms with Crippen LogP contribution < -0.4 is 5.73 Å². The molecule has 3 rings (SSSR count). The number of nitrogens with one attached hydrogen (secondary N) is 1. The van der Waals surface area contributed by atoms with Gasteiger partial charge in [-0.25, -0.2) is 0 Å². The standard InChI is InChI=1S/C17H17N3O/c18-10-11-19-16(12-6-2-1-3-7-12)15-13-8-4-5-9-14(13)20-17(15)21/h1-9,20-21H,10-11,18H2. The molecule has 0 aliphatic rings. The van der Waals surface area contributed by atoms with E-state index in [-0.39, 0.29) is 5.88 Å². The second-order valence-corrected chi connectivity index (χ2v) is 4.78. The van der Waals surface area contributed by atoms with Gasteiger partial charge < -0.3 is 15.8 Å². The molecule has 0 aliphatic carbocycles. The molecule has 0 aliphatic heterocycles. The molecule has 4 heteroatoms. The van der Waals surface area contributed by atoms with Crippen molar-refractivity contribution in [3.63, 3.8) is 0 Å². The molecule has 4 N–H and O–H groups in total. The largest absolute Gasteiger partial charge is 0.494 e. The Morgan fingerprint density at radius 3 is 2.52 bits per heavy atom. The first kappa shape index (κ1) is 13.4. The SMILES string of the molecule is NCCN=C(c1ccccc1)c1c(O)[nH]c2ccccc12. The highest BCUT2D eigenvalue weighted by Crippen LogP contribution is 2.29. The molecule has 1 aromatic heterocycles. The van der Waals surface area contributed by atoms with E-state index < -0.39 is 0 Å². The van der Waals surface area contributed by atoms with Gasteiger partial charge in [0.15, 0.2) is 5.88 Å². The summed E-state index contributed by atoms with van der Waals surface area (Å²) in [6.07, 6.45) is 0. The molecule has 21 heavy (non-hydrogen) atoms. The summed E-state index contributed by atoms with van der Waals surface area (Å²) in [5.74, 6) is 0.135. The molecule has 0 amide bonds. The lowest BCUT2D eigenvalue weighted by Crippen LogP contribution is -2.09. The highest BCUT2D eigenvalue weighted by atomic mass is 16.3. The maximum atomic E-state index is 10.3. The lowest BCUT2D eigenvalue weighted by molar-refractivity contribution is 0.457. The van der Waals surface area contributed by atoms with Crippen molar-refractivity contribution in [2.75, 3.05) is 13.1 Å². The smallest absolute Gasteiger partial charge is 0.199 e. The normalized spacial score (nSPS) is 12.0. The number of benzene rings is 2. The van der Waals surface area contributed by atoms with E-state index in [2.05, 4.69) is 9.98 Å². The van der Waals surface area contributed by atoms with Crippen molar-refractivity contribution >= 4 is 16.6 Å². The molecular formula is C17H17N3O. The van der Waals surface area contributed by atoms with Gasteiger partial charge in [0.2, 0.25) is 0 Å². The van der Waals surface area contributed by atoms with E-state index >= 15 is 0 Å². The predicted octanol–water partition coefficient (Wildman–Crippen LogP) is 2.67. The molecule has 3 aromatic rings. The van der Waals surface area contributed by atoms with E-state index in [0.717, 1.165) is 27.7 Å². The number of H-pyrrole nitrogens is 1. The second-order valence-electron chi connectivity index (χ2n) is 4.78. The van der Waals surface area contributed by atoms with Gasteiger partial charge in [0.25, 0.3) is 0 Å². The zero-order valence-corrected chi connectivity index (χ0v) is 11.6. The number of aliphatic imine (C=N–C) groups is 1. The molecule has 0 spiro atoms. The number of fused-ring (bicyclic) bond motifs is 1. The van der Waals surface area contributed by atoms with Crippen LogP contribution >= 0.6 is 0 Å². The number of para-hydroxylation sites is 1. The molecular weight excluding hydrogens is 262 g/mol. The average Bonchev–Trinajstić information content (AvgIpc) is 2.85. The van der Waals surface area contributed by atoms with Crippen LogP contribution in [-0.2, 0) is 0 Å². The maximum Gasteiger partial charge on any atom is 0.199 e. The minimum atomic E-state index is 0.135. The Bertz CT molecular complexity index is 775. The van der Waals surface area contributed by atoms with E-state index in [4.69, 9.17) is 5.73 Å². The molecule has 0 atom stereocenters. The number of nitrogens with zero attached hydrogens (tertiary/aromatic N) is 1. The molecule has 1 heterocycles. The summed E-state index contributed by atoms with van der Waals surface area (Å²) in [4.78, 5) is 7.57. The molecule has 4 nitrogen and oxygen atoms in total. The molecule has 0 unspecified atom stereocenters. The maximum absolute atomic E-state index is 10.3. The topological polar surface area (TPSA) is 74.4 Å². The van der Waals surface area contributed by atoms with Crippen molar-refractivity contribution in [1.29, 1.82) is 0 Å². The summed E-state index contributed by atoms with van der Waals surface area (Å²) in [5.41, 5.74) is 8.92. The fourth-order valence-corrected chi connectivity index (χ4v) is 2.45. The van der Waals surface area contributed by atoms with Gasteiger partial charge in [0.05, 0.1) is 17.8 Å². The van der Waals surface area contributed by atoms with Crippen molar-refractivity contribution in [2.45, 2.75) is 0 Å². The zero-order valence-electron chi connectivity index (χ0n) is 11.6. The first-order valence-electron chi connectivity index (χ1n) is 6.91. The minimum Gasteiger partial charge on any atom is -0.494 e. The van der Waals surface area contributed by atoms with Crippen LogP contribution in [0, 0.1) is 0 Å². The lowest BCUT2D eigenvalue weighted by Gasteiger charge is -2.07. The number of aromatic amines is 1. The Morgan fingerprint density at radius 1 is 1.05 bits per heavy atom. The number of aromatic hydroxyl groups is 1. The first-order valence-corrected chi connectivity index (χ1v) is 6.91. The number of hydrogen-bond acceptors (Lipinski definition) is 3. The van der Waals surface area contributed by atoms with Crippen molar-refractivity contribution in [3.8, 4) is 5.88 Å². The van der Waals surface area contributed by atoms with Crippen molar-refractivity contribution in [3.05, 3.63) is 65.7 Å². The van der Waals surface area contributed by atoms with Gasteiger partial charge in [0.1, 0.15) is 0 Å². The third kappa shape index (κ3) is 2.53. The summed E-state index contributed by atoms with van der Waals surface area (Å²) in [5, 5.41) is 11.3. The van der Waals surface area contributed by atoms with Crippen LogP contribution in [0.1, 0.15) is 11.1 Å². The Hall–Kier alpha value is -2.59. The number of rotatable bonds is 4. The third-order valence-electron chi connectivity index (χ3n) is 3.37. The molecule has 0 saturated heterocycles. The van der Waals surface area contributed by atoms with Crippen LogP contribution in [0.4, 0.5) is 0 Å². The van der Waals surface area contributed by atoms with Gasteiger partial charge >= 0.3 is 0 Å². The van der Waals surface area contributed by atoms with Crippen LogP contribution in [0.3, 0.4) is 0 Å². The van der Waals surface area contributed by atoms with Crippen LogP contribution in [0.15, 0.2) is 59.6 Å². The van der Waals surface area contributed by atoms with Crippen molar-refractivity contribution < 1.29 is 5.11 Å². The van der Waals surface area contributed by atoms with E-state index in [1.165, 1.54) is 0 Å². The quantitative estimate of drug-likeness (QED) is 0.642. The van der Waals surface area contributed by atoms with E-state index in [0.29, 0.717) is 13.1 Å². The third-order valence-corrected chi connectivity index (χ3v) is 3.37. The number of hydrogen-bond donors (Lipinski definition) is 3. The molecule has 0 radical (unpaired) electrons. The minimum absolute atomic E-state index is 0.135. The monoisotopic (exact) mass is 279 g/mol. The lowest BCUT2D eigenvalue weighted by atomic mass is 10.0. The van der Waals surface area contributed by atoms with Gasteiger partial charge in [0, 0.05) is 23.0 Å². The van der Waals surface area contributed by atoms with Gasteiger partial charge in [-0.1, -0.05) is 48.5 Å². The molecule has 0 fully saturated rings. The highest BCUT2D eigenvalue weighted by molar-refractivity contribution is 6.21. The zero-order chi connectivity index (χ0) is 14.7. The number of nitrogens with two attached hydrogens (primary N) is 1. The summed E-state index contributed by atoms with van der Waals surface area (Å²) in [6, 6.07) is 17.6. The Morgan fingerprint density at radius 2 is 1.76 bits per heavy atom. The molecule has 106 valence electrons. The Balaban J connectivity index is 2.22. The van der Waals surface area contributed by atoms with Crippen molar-refractivity contribution in [2.24, 2.45) is 10.7 Å². The fourth-order valence-electron chi connectivity index (χ4n) is 2.45. The fraction of sp³-hybridized carbons (Fsp3) is 0.118. The van der Waals surface area contributed by atoms with Gasteiger partial charge in [-0.3, -0.25) is 4.99 Å². The van der Waals surface area contributed by atoms with Crippen LogP contribution in [0.5, 0.6) is 5.88 Å². The van der Waals surface area contributed by atoms with Gasteiger partial charge in [-0.05, 0) is 6.07 Å². The van der Waals surface area contributed by atoms with Crippen LogP contribution in [-0.4, -0.2) is 28.9 Å². The van der Waals surface area contributed by atoms with Crippen LogP contribution in [0.25, 0.3) is 10.9 Å². The van der Waals surface area contributed by atoms with E-state index in [1.807, 2.05) is 54.6 Å². The van der Waals surface area contributed by atoms with E-state index in [9.17, 15) is 5.11 Å². The molecule has 2 aromatic carbocycles. The van der Waals surface area contributed by atoms with Crippen LogP contribution in [0.2, 0.25) is 0 Å². The molecule has 0 saturated carbocycles. The summed E-state index contributed by atoms with van der Waals surface area (Å²) >= 11 is 0. The first-order chi connectivity index (χ1) is 10.3. The van der Waals surface area contributed by atoms with Gasteiger partial charge in [-0.15, -0.1) is 0 Å². The highest BCUT2D eigenvalue weighted by Gasteiger charge is 2.17. The second kappa shape index (κ2) is 5.81. The molecule has 0 bridgehead atoms. The summed E-state index contributed by atoms with van der Waals surface area (Å²) in [7, 11) is 0. The van der Waals surface area contributed by atoms with Crippen molar-refractivity contribution in [1.82, 2.24) is 4.98 Å². The average molecular weight is 279 g/mol. The number of aromatic nitrogens is 1. The summed E-state index contributed by atoms with van der Waals surface area (Å²) < 4.78 is 0. The van der Waals surface area contributed by atoms with E-state index in [1.54, 1.807) is 0 Å².